The molecule has 1 N–H and O–H groups in total. The van der Waals surface area contributed by atoms with Gasteiger partial charge in [0, 0.05) is 40.6 Å². The average molecular weight is 301 g/mol. The van der Waals surface area contributed by atoms with Crippen LogP contribution in [0.4, 0.5) is 0 Å². The van der Waals surface area contributed by atoms with Crippen molar-refractivity contribution < 1.29 is 4.74 Å². The third kappa shape index (κ3) is 3.03. The molecule has 0 aliphatic heterocycles. The van der Waals surface area contributed by atoms with E-state index in [0.29, 0.717) is 23.3 Å². The number of nitrogens with one attached hydrogen (secondary N) is 1. The van der Waals surface area contributed by atoms with Gasteiger partial charge >= 0.3 is 0 Å². The molecular formula is C17H17ClN2O. The molecule has 0 bridgehead atoms. The van der Waals surface area contributed by atoms with Gasteiger partial charge in [0.2, 0.25) is 0 Å². The molecule has 0 saturated heterocycles. The Hall–Kier alpha value is -2.00. The summed E-state index contributed by atoms with van der Waals surface area (Å²) in [5, 5.41) is 1.73. The van der Waals surface area contributed by atoms with Crippen LogP contribution >= 0.6 is 11.6 Å². The number of fused-ring (bicyclic) bond motifs is 1. The van der Waals surface area contributed by atoms with Crippen LogP contribution in [0.2, 0.25) is 5.02 Å². The van der Waals surface area contributed by atoms with Crippen molar-refractivity contribution in [2.75, 3.05) is 0 Å². The molecule has 0 atom stereocenters. The fraction of sp³-hybridized carbons (Fsp3) is 0.235. The largest absolute Gasteiger partial charge is 0.487 e. The van der Waals surface area contributed by atoms with E-state index in [9.17, 15) is 0 Å². The second-order valence-electron chi connectivity index (χ2n) is 5.40. The van der Waals surface area contributed by atoms with Crippen LogP contribution < -0.4 is 4.74 Å². The maximum absolute atomic E-state index is 6.30. The Balaban J connectivity index is 1.86. The van der Waals surface area contributed by atoms with Crippen molar-refractivity contribution in [3.05, 3.63) is 59.0 Å². The van der Waals surface area contributed by atoms with Gasteiger partial charge in [-0.2, -0.15) is 0 Å². The van der Waals surface area contributed by atoms with Gasteiger partial charge in [-0.1, -0.05) is 31.5 Å². The Morgan fingerprint density at radius 1 is 1.29 bits per heavy atom. The smallest absolute Gasteiger partial charge is 0.140 e. The molecular weight excluding hydrogens is 284 g/mol. The van der Waals surface area contributed by atoms with E-state index < -0.39 is 0 Å². The van der Waals surface area contributed by atoms with Gasteiger partial charge in [-0.15, -0.1) is 0 Å². The van der Waals surface area contributed by atoms with E-state index in [1.807, 2.05) is 24.3 Å². The lowest BCUT2D eigenvalue weighted by molar-refractivity contribution is 0.306. The summed E-state index contributed by atoms with van der Waals surface area (Å²) in [4.78, 5) is 7.48. The van der Waals surface area contributed by atoms with E-state index in [0.717, 1.165) is 16.5 Å². The van der Waals surface area contributed by atoms with E-state index in [4.69, 9.17) is 16.3 Å². The van der Waals surface area contributed by atoms with Crippen molar-refractivity contribution >= 4 is 22.5 Å². The number of benzene rings is 1. The average Bonchev–Trinajstić information content (AvgIpc) is 2.89. The topological polar surface area (TPSA) is 37.9 Å². The third-order valence-electron chi connectivity index (χ3n) is 3.43. The van der Waals surface area contributed by atoms with Crippen LogP contribution in [0, 0.1) is 0 Å². The summed E-state index contributed by atoms with van der Waals surface area (Å²) in [6, 6.07) is 9.91. The Labute approximate surface area is 128 Å². The first-order chi connectivity index (χ1) is 10.1. The number of rotatable bonds is 4. The van der Waals surface area contributed by atoms with Crippen molar-refractivity contribution in [2.45, 2.75) is 26.4 Å². The summed E-state index contributed by atoms with van der Waals surface area (Å²) in [5.74, 6) is 1.14. The molecule has 0 unspecified atom stereocenters. The van der Waals surface area contributed by atoms with Crippen LogP contribution in [-0.4, -0.2) is 9.97 Å². The van der Waals surface area contributed by atoms with Gasteiger partial charge in [-0.25, -0.2) is 0 Å². The molecule has 0 aliphatic carbocycles. The Kier molecular flexibility index (Phi) is 3.84. The molecule has 21 heavy (non-hydrogen) atoms. The first-order valence-corrected chi connectivity index (χ1v) is 7.35. The lowest BCUT2D eigenvalue weighted by atomic mass is 10.1. The molecule has 2 aromatic heterocycles. The lowest BCUT2D eigenvalue weighted by Gasteiger charge is -2.08. The van der Waals surface area contributed by atoms with Crippen molar-refractivity contribution in [1.82, 2.24) is 9.97 Å². The number of halogens is 1. The molecule has 0 spiro atoms. The van der Waals surface area contributed by atoms with Gasteiger partial charge in [-0.3, -0.25) is 4.98 Å². The van der Waals surface area contributed by atoms with E-state index >= 15 is 0 Å². The SMILES string of the molecule is CC(C)c1cc2cc(Cl)c(OCc3cccnc3)cc2[nH]1. The van der Waals surface area contributed by atoms with E-state index in [-0.39, 0.29) is 0 Å². The monoisotopic (exact) mass is 300 g/mol. The number of hydrogen-bond donors (Lipinski definition) is 1. The van der Waals surface area contributed by atoms with E-state index in [1.165, 1.54) is 5.69 Å². The number of hydrogen-bond acceptors (Lipinski definition) is 2. The molecule has 4 heteroatoms. The van der Waals surface area contributed by atoms with Gasteiger partial charge in [0.25, 0.3) is 0 Å². The highest BCUT2D eigenvalue weighted by molar-refractivity contribution is 6.32. The molecule has 3 aromatic rings. The maximum Gasteiger partial charge on any atom is 0.140 e. The summed E-state index contributed by atoms with van der Waals surface area (Å²) in [7, 11) is 0. The quantitative estimate of drug-likeness (QED) is 0.742. The maximum atomic E-state index is 6.30. The fourth-order valence-electron chi connectivity index (χ4n) is 2.22. The first-order valence-electron chi connectivity index (χ1n) is 6.97. The molecule has 2 heterocycles. The van der Waals surface area contributed by atoms with Crippen molar-refractivity contribution in [3.63, 3.8) is 0 Å². The van der Waals surface area contributed by atoms with Crippen LogP contribution in [0.3, 0.4) is 0 Å². The minimum atomic E-state index is 0.455. The highest BCUT2D eigenvalue weighted by Gasteiger charge is 2.09. The highest BCUT2D eigenvalue weighted by Crippen LogP contribution is 2.32. The minimum Gasteiger partial charge on any atom is -0.487 e. The standard InChI is InChI=1S/C17H17ClN2O/c1-11(2)15-7-13-6-14(18)17(8-16(13)20-15)21-10-12-4-3-5-19-9-12/h3-9,11,20H,10H2,1-2H3. The molecule has 108 valence electrons. The normalized spacial score (nSPS) is 11.2. The zero-order chi connectivity index (χ0) is 14.8. The lowest BCUT2D eigenvalue weighted by Crippen LogP contribution is -1.96. The molecule has 3 rings (SSSR count). The number of H-pyrrole nitrogens is 1. The summed E-state index contributed by atoms with van der Waals surface area (Å²) in [5.41, 5.74) is 3.26. The summed E-state index contributed by atoms with van der Waals surface area (Å²) >= 11 is 6.30. The molecule has 0 amide bonds. The summed E-state index contributed by atoms with van der Waals surface area (Å²) in [6.45, 7) is 4.77. The van der Waals surface area contributed by atoms with Crippen LogP contribution in [0.1, 0.15) is 31.0 Å². The predicted octanol–water partition coefficient (Wildman–Crippen LogP) is 4.92. The Morgan fingerprint density at radius 2 is 2.14 bits per heavy atom. The van der Waals surface area contributed by atoms with E-state index in [2.05, 4.69) is 29.9 Å². The molecule has 0 fully saturated rings. The second-order valence-corrected chi connectivity index (χ2v) is 5.81. The minimum absolute atomic E-state index is 0.455. The van der Waals surface area contributed by atoms with E-state index in [1.54, 1.807) is 12.4 Å². The number of aromatic amines is 1. The zero-order valence-corrected chi connectivity index (χ0v) is 12.8. The highest BCUT2D eigenvalue weighted by atomic mass is 35.5. The number of pyridine rings is 1. The Morgan fingerprint density at radius 3 is 2.86 bits per heavy atom. The van der Waals surface area contributed by atoms with Crippen LogP contribution in [0.15, 0.2) is 42.7 Å². The molecule has 3 nitrogen and oxygen atoms in total. The van der Waals surface area contributed by atoms with Crippen LogP contribution in [-0.2, 0) is 6.61 Å². The zero-order valence-electron chi connectivity index (χ0n) is 12.1. The molecule has 0 saturated carbocycles. The molecule has 0 aliphatic rings. The molecule has 0 radical (unpaired) electrons. The van der Waals surface area contributed by atoms with Crippen molar-refractivity contribution in [3.8, 4) is 5.75 Å². The molecule has 1 aromatic carbocycles. The van der Waals surface area contributed by atoms with Crippen molar-refractivity contribution in [1.29, 1.82) is 0 Å². The predicted molar refractivity (Wildman–Crippen MR) is 86.0 cm³/mol. The number of aromatic nitrogens is 2. The number of ether oxygens (including phenoxy) is 1. The summed E-state index contributed by atoms with van der Waals surface area (Å²) < 4.78 is 5.81. The Bertz CT molecular complexity index is 750. The van der Waals surface area contributed by atoms with Gasteiger partial charge < -0.3 is 9.72 Å². The third-order valence-corrected chi connectivity index (χ3v) is 3.73. The second kappa shape index (κ2) is 5.78. The van der Waals surface area contributed by atoms with Crippen molar-refractivity contribution in [2.24, 2.45) is 0 Å². The van der Waals surface area contributed by atoms with Gasteiger partial charge in [0.1, 0.15) is 12.4 Å². The van der Waals surface area contributed by atoms with Crippen LogP contribution in [0.5, 0.6) is 5.75 Å². The summed E-state index contributed by atoms with van der Waals surface area (Å²) in [6.07, 6.45) is 3.53. The van der Waals surface area contributed by atoms with Gasteiger partial charge in [-0.05, 0) is 24.1 Å². The van der Waals surface area contributed by atoms with Gasteiger partial charge in [0.15, 0.2) is 0 Å². The van der Waals surface area contributed by atoms with Crippen LogP contribution in [0.25, 0.3) is 10.9 Å². The number of nitrogens with zero attached hydrogens (tertiary/aromatic N) is 1. The van der Waals surface area contributed by atoms with Gasteiger partial charge in [0.05, 0.1) is 5.02 Å². The fourth-order valence-corrected chi connectivity index (χ4v) is 2.45. The first kappa shape index (κ1) is 14.0.